The monoisotopic (exact) mass is 216 g/mol. The van der Waals surface area contributed by atoms with Gasteiger partial charge in [-0.15, -0.1) is 0 Å². The van der Waals surface area contributed by atoms with Crippen LogP contribution in [0, 0.1) is 11.3 Å². The molecule has 0 aromatic heterocycles. The number of rotatable bonds is 0. The van der Waals surface area contributed by atoms with Crippen LogP contribution in [0.15, 0.2) is 24.3 Å². The maximum atomic E-state index is 12.3. The molecule has 2 heteroatoms. The Bertz CT molecular complexity index is 475. The fourth-order valence-corrected chi connectivity index (χ4v) is 3.54. The maximum absolute atomic E-state index is 12.3. The molecule has 84 valence electrons. The van der Waals surface area contributed by atoms with Gasteiger partial charge in [0.05, 0.1) is 5.92 Å². The molecule has 16 heavy (non-hydrogen) atoms. The molecule has 3 rings (SSSR count). The zero-order valence-electron chi connectivity index (χ0n) is 9.66. The molecule has 1 fully saturated rings. The van der Waals surface area contributed by atoms with E-state index in [0.717, 1.165) is 17.5 Å². The van der Waals surface area contributed by atoms with Gasteiger partial charge in [-0.3, -0.25) is 4.79 Å². The van der Waals surface area contributed by atoms with Crippen LogP contribution in [0.4, 0.5) is 0 Å². The van der Waals surface area contributed by atoms with Gasteiger partial charge in [0, 0.05) is 5.56 Å². The molecule has 1 aromatic rings. The predicted molar refractivity (Wildman–Crippen MR) is 61.2 cm³/mol. The largest absolute Gasteiger partial charge is 0.384 e. The third-order valence-corrected chi connectivity index (χ3v) is 4.33. The van der Waals surface area contributed by atoms with E-state index in [1.165, 1.54) is 0 Å². The fourth-order valence-electron chi connectivity index (χ4n) is 3.54. The van der Waals surface area contributed by atoms with E-state index in [0.29, 0.717) is 6.42 Å². The van der Waals surface area contributed by atoms with Crippen LogP contribution in [0.25, 0.3) is 0 Å². The van der Waals surface area contributed by atoms with E-state index in [2.05, 4.69) is 13.8 Å². The van der Waals surface area contributed by atoms with E-state index < -0.39 is 5.60 Å². The second kappa shape index (κ2) is 2.75. The van der Waals surface area contributed by atoms with Gasteiger partial charge in [0.15, 0.2) is 5.78 Å². The molecule has 2 aliphatic carbocycles. The molecule has 0 saturated heterocycles. The molecule has 2 unspecified atom stereocenters. The summed E-state index contributed by atoms with van der Waals surface area (Å²) in [5.41, 5.74) is 0.570. The second-order valence-electron chi connectivity index (χ2n) is 5.76. The van der Waals surface area contributed by atoms with Crippen LogP contribution in [0.5, 0.6) is 0 Å². The normalized spacial score (nSPS) is 34.9. The maximum Gasteiger partial charge on any atom is 0.170 e. The number of ketones is 1. The van der Waals surface area contributed by atoms with Crippen molar-refractivity contribution < 1.29 is 9.90 Å². The molecule has 1 saturated carbocycles. The highest BCUT2D eigenvalue weighted by Crippen LogP contribution is 2.59. The topological polar surface area (TPSA) is 37.3 Å². The lowest BCUT2D eigenvalue weighted by Gasteiger charge is -2.29. The van der Waals surface area contributed by atoms with Gasteiger partial charge in [0.25, 0.3) is 0 Å². The minimum absolute atomic E-state index is 0.0924. The number of hydrogen-bond donors (Lipinski definition) is 1. The first-order valence-corrected chi connectivity index (χ1v) is 5.83. The Labute approximate surface area is 95.3 Å². The SMILES string of the molecule is CC1(C)CCC2(O)c3ccccc3C(=O)C12. The summed E-state index contributed by atoms with van der Waals surface area (Å²) in [4.78, 5) is 12.3. The van der Waals surface area contributed by atoms with Crippen LogP contribution in [0.2, 0.25) is 0 Å². The van der Waals surface area contributed by atoms with Gasteiger partial charge >= 0.3 is 0 Å². The Kier molecular flexibility index (Phi) is 1.72. The lowest BCUT2D eigenvalue weighted by atomic mass is 9.77. The molecule has 1 aromatic carbocycles. The lowest BCUT2D eigenvalue weighted by Crippen LogP contribution is -2.34. The molecular formula is C14H16O2. The molecule has 0 spiro atoms. The van der Waals surface area contributed by atoms with Crippen LogP contribution in [-0.2, 0) is 5.60 Å². The summed E-state index contributed by atoms with van der Waals surface area (Å²) in [5, 5.41) is 10.8. The quantitative estimate of drug-likeness (QED) is 0.723. The Morgan fingerprint density at radius 2 is 1.94 bits per heavy atom. The zero-order valence-corrected chi connectivity index (χ0v) is 9.66. The van der Waals surface area contributed by atoms with E-state index >= 15 is 0 Å². The summed E-state index contributed by atoms with van der Waals surface area (Å²) >= 11 is 0. The van der Waals surface area contributed by atoms with Crippen molar-refractivity contribution in [2.24, 2.45) is 11.3 Å². The number of Topliss-reactive ketones (excluding diaryl/α,β-unsaturated/α-hetero) is 1. The van der Waals surface area contributed by atoms with Crippen LogP contribution < -0.4 is 0 Å². The van der Waals surface area contributed by atoms with Crippen molar-refractivity contribution in [2.45, 2.75) is 32.3 Å². The number of aliphatic hydroxyl groups is 1. The van der Waals surface area contributed by atoms with E-state index in [-0.39, 0.29) is 17.1 Å². The summed E-state index contributed by atoms with van der Waals surface area (Å²) in [6.45, 7) is 4.17. The van der Waals surface area contributed by atoms with Gasteiger partial charge in [-0.2, -0.15) is 0 Å². The van der Waals surface area contributed by atoms with E-state index in [1.807, 2.05) is 24.3 Å². The van der Waals surface area contributed by atoms with Gasteiger partial charge in [0.2, 0.25) is 0 Å². The Balaban J connectivity index is 2.25. The Hall–Kier alpha value is -1.15. The van der Waals surface area contributed by atoms with Gasteiger partial charge in [-0.05, 0) is 23.8 Å². The van der Waals surface area contributed by atoms with E-state index in [4.69, 9.17) is 0 Å². The predicted octanol–water partition coefficient (Wildman–Crippen LogP) is 2.51. The fraction of sp³-hybridized carbons (Fsp3) is 0.500. The first kappa shape index (κ1) is 10.0. The van der Waals surface area contributed by atoms with Crippen molar-refractivity contribution in [3.05, 3.63) is 35.4 Å². The molecule has 2 aliphatic rings. The number of carbonyl (C=O) groups excluding carboxylic acids is 1. The number of fused-ring (bicyclic) bond motifs is 3. The first-order valence-electron chi connectivity index (χ1n) is 5.83. The average Bonchev–Trinajstić information content (AvgIpc) is 2.62. The highest BCUT2D eigenvalue weighted by molar-refractivity contribution is 6.04. The molecule has 0 bridgehead atoms. The van der Waals surface area contributed by atoms with Crippen molar-refractivity contribution >= 4 is 5.78 Å². The molecule has 0 radical (unpaired) electrons. The van der Waals surface area contributed by atoms with Gasteiger partial charge in [0.1, 0.15) is 5.60 Å². The lowest BCUT2D eigenvalue weighted by molar-refractivity contribution is -0.00505. The molecule has 1 N–H and O–H groups in total. The summed E-state index contributed by atoms with van der Waals surface area (Å²) in [5.74, 6) is -0.127. The summed E-state index contributed by atoms with van der Waals surface area (Å²) in [7, 11) is 0. The average molecular weight is 216 g/mol. The second-order valence-corrected chi connectivity index (χ2v) is 5.76. The number of carbonyl (C=O) groups is 1. The molecule has 0 aliphatic heterocycles. The van der Waals surface area contributed by atoms with Crippen molar-refractivity contribution in [3.63, 3.8) is 0 Å². The van der Waals surface area contributed by atoms with Crippen molar-refractivity contribution in [3.8, 4) is 0 Å². The van der Waals surface area contributed by atoms with Crippen LogP contribution in [0.3, 0.4) is 0 Å². The van der Waals surface area contributed by atoms with Gasteiger partial charge in [-0.25, -0.2) is 0 Å². The minimum atomic E-state index is -0.906. The highest BCUT2D eigenvalue weighted by atomic mass is 16.3. The van der Waals surface area contributed by atoms with Gasteiger partial charge < -0.3 is 5.11 Å². The summed E-state index contributed by atoms with van der Waals surface area (Å²) in [6.07, 6.45) is 1.61. The van der Waals surface area contributed by atoms with Crippen LogP contribution in [-0.4, -0.2) is 10.9 Å². The van der Waals surface area contributed by atoms with Crippen LogP contribution >= 0.6 is 0 Å². The molecule has 2 nitrogen and oxygen atoms in total. The molecular weight excluding hydrogens is 200 g/mol. The van der Waals surface area contributed by atoms with Gasteiger partial charge in [-0.1, -0.05) is 38.1 Å². The highest BCUT2D eigenvalue weighted by Gasteiger charge is 2.60. The Morgan fingerprint density at radius 3 is 2.69 bits per heavy atom. The zero-order chi connectivity index (χ0) is 11.6. The van der Waals surface area contributed by atoms with Crippen molar-refractivity contribution in [1.29, 1.82) is 0 Å². The van der Waals surface area contributed by atoms with Crippen LogP contribution in [0.1, 0.15) is 42.6 Å². The summed E-state index contributed by atoms with van der Waals surface area (Å²) in [6, 6.07) is 7.50. The smallest absolute Gasteiger partial charge is 0.170 e. The standard InChI is InChI=1S/C14H16O2/c1-13(2)7-8-14(16)10-6-4-3-5-9(10)11(15)12(13)14/h3-6,12,16H,7-8H2,1-2H3. The minimum Gasteiger partial charge on any atom is -0.384 e. The molecule has 2 atom stereocenters. The van der Waals surface area contributed by atoms with E-state index in [9.17, 15) is 9.90 Å². The van der Waals surface area contributed by atoms with E-state index in [1.54, 1.807) is 0 Å². The first-order chi connectivity index (χ1) is 7.47. The Morgan fingerprint density at radius 1 is 1.25 bits per heavy atom. The number of benzene rings is 1. The third-order valence-electron chi connectivity index (χ3n) is 4.33. The molecule has 0 amide bonds. The third kappa shape index (κ3) is 0.983. The summed E-state index contributed by atoms with van der Waals surface area (Å²) < 4.78 is 0. The molecule has 0 heterocycles. The van der Waals surface area contributed by atoms with Crippen molar-refractivity contribution in [1.82, 2.24) is 0 Å². The van der Waals surface area contributed by atoms with Crippen molar-refractivity contribution in [2.75, 3.05) is 0 Å². The number of hydrogen-bond acceptors (Lipinski definition) is 2.